The first-order valence-corrected chi connectivity index (χ1v) is 6.68. The van der Waals surface area contributed by atoms with E-state index in [1.54, 1.807) is 14.2 Å². The van der Waals surface area contributed by atoms with E-state index in [0.717, 1.165) is 48.6 Å². The molecule has 0 saturated carbocycles. The van der Waals surface area contributed by atoms with Gasteiger partial charge in [0, 0.05) is 26.2 Å². The fourth-order valence-corrected chi connectivity index (χ4v) is 2.48. The Morgan fingerprint density at radius 3 is 2.60 bits per heavy atom. The van der Waals surface area contributed by atoms with Crippen LogP contribution in [0.15, 0.2) is 18.2 Å². The van der Waals surface area contributed by atoms with E-state index in [9.17, 15) is 0 Å². The molecule has 0 atom stereocenters. The number of nitrogens with zero attached hydrogens (tertiary/aromatic N) is 3. The lowest BCUT2D eigenvalue weighted by molar-refractivity contribution is 0.381. The number of aromatic nitrogens is 2. The lowest BCUT2D eigenvalue weighted by Crippen LogP contribution is -2.44. The highest BCUT2D eigenvalue weighted by atomic mass is 16.5. The van der Waals surface area contributed by atoms with Crippen molar-refractivity contribution in [3.8, 4) is 11.8 Å². The SMILES string of the molecule is COc1nc(N2CCNCC2)c2c(OC)cccc2n1. The average molecular weight is 274 g/mol. The van der Waals surface area contributed by atoms with E-state index < -0.39 is 0 Å². The predicted octanol–water partition coefficient (Wildman–Crippen LogP) is 1.06. The molecule has 1 saturated heterocycles. The van der Waals surface area contributed by atoms with Gasteiger partial charge in [-0.1, -0.05) is 6.07 Å². The number of rotatable bonds is 3. The third kappa shape index (κ3) is 2.22. The Morgan fingerprint density at radius 1 is 1.10 bits per heavy atom. The number of nitrogens with one attached hydrogen (secondary N) is 1. The standard InChI is InChI=1S/C14H18N4O2/c1-19-11-5-3-4-10-12(11)13(17-14(16-10)20-2)18-8-6-15-7-9-18/h3-5,15H,6-9H2,1-2H3. The van der Waals surface area contributed by atoms with Crippen LogP contribution in [-0.4, -0.2) is 50.4 Å². The van der Waals surface area contributed by atoms with Crippen LogP contribution in [0.4, 0.5) is 5.82 Å². The Morgan fingerprint density at radius 2 is 1.90 bits per heavy atom. The molecule has 1 aromatic heterocycles. The fourth-order valence-electron chi connectivity index (χ4n) is 2.48. The normalized spacial score (nSPS) is 15.4. The van der Waals surface area contributed by atoms with Gasteiger partial charge in [-0.15, -0.1) is 0 Å². The second-order valence-corrected chi connectivity index (χ2v) is 4.63. The maximum atomic E-state index is 5.47. The van der Waals surface area contributed by atoms with E-state index in [2.05, 4.69) is 20.2 Å². The van der Waals surface area contributed by atoms with Crippen LogP contribution in [-0.2, 0) is 0 Å². The monoisotopic (exact) mass is 274 g/mol. The van der Waals surface area contributed by atoms with Gasteiger partial charge < -0.3 is 19.7 Å². The summed E-state index contributed by atoms with van der Waals surface area (Å²) in [5.41, 5.74) is 0.838. The van der Waals surface area contributed by atoms with Gasteiger partial charge in [-0.2, -0.15) is 9.97 Å². The summed E-state index contributed by atoms with van der Waals surface area (Å²) >= 11 is 0. The summed E-state index contributed by atoms with van der Waals surface area (Å²) in [5.74, 6) is 1.67. The Kier molecular flexibility index (Phi) is 3.56. The van der Waals surface area contributed by atoms with Crippen LogP contribution in [0, 0.1) is 0 Å². The molecule has 106 valence electrons. The van der Waals surface area contributed by atoms with Crippen molar-refractivity contribution in [2.45, 2.75) is 0 Å². The number of ether oxygens (including phenoxy) is 2. The number of benzene rings is 1. The van der Waals surface area contributed by atoms with Gasteiger partial charge in [-0.3, -0.25) is 0 Å². The van der Waals surface area contributed by atoms with Gasteiger partial charge >= 0.3 is 6.01 Å². The van der Waals surface area contributed by atoms with Gasteiger partial charge in [0.25, 0.3) is 0 Å². The molecule has 2 aromatic rings. The number of piperazine rings is 1. The van der Waals surface area contributed by atoms with Crippen molar-refractivity contribution < 1.29 is 9.47 Å². The molecule has 1 fully saturated rings. The van der Waals surface area contributed by atoms with Crippen LogP contribution in [0.3, 0.4) is 0 Å². The second-order valence-electron chi connectivity index (χ2n) is 4.63. The minimum atomic E-state index is 0.388. The highest BCUT2D eigenvalue weighted by molar-refractivity contribution is 5.95. The lowest BCUT2D eigenvalue weighted by Gasteiger charge is -2.29. The zero-order chi connectivity index (χ0) is 13.9. The van der Waals surface area contributed by atoms with Gasteiger partial charge in [-0.25, -0.2) is 0 Å². The van der Waals surface area contributed by atoms with E-state index in [1.165, 1.54) is 0 Å². The van der Waals surface area contributed by atoms with Gasteiger partial charge in [0.2, 0.25) is 0 Å². The van der Waals surface area contributed by atoms with Crippen LogP contribution >= 0.6 is 0 Å². The minimum Gasteiger partial charge on any atom is -0.496 e. The Bertz CT molecular complexity index is 611. The summed E-state index contributed by atoms with van der Waals surface area (Å²) in [7, 11) is 3.25. The molecular formula is C14H18N4O2. The molecule has 0 amide bonds. The van der Waals surface area contributed by atoms with E-state index in [4.69, 9.17) is 9.47 Å². The van der Waals surface area contributed by atoms with Crippen molar-refractivity contribution in [1.29, 1.82) is 0 Å². The van der Waals surface area contributed by atoms with Crippen molar-refractivity contribution in [2.75, 3.05) is 45.3 Å². The number of methoxy groups -OCH3 is 2. The summed E-state index contributed by atoms with van der Waals surface area (Å²) in [6.45, 7) is 3.71. The number of hydrogen-bond donors (Lipinski definition) is 1. The van der Waals surface area contributed by atoms with Crippen LogP contribution < -0.4 is 19.7 Å². The third-order valence-electron chi connectivity index (χ3n) is 3.46. The van der Waals surface area contributed by atoms with Crippen molar-refractivity contribution in [3.63, 3.8) is 0 Å². The fraction of sp³-hybridized carbons (Fsp3) is 0.429. The Labute approximate surface area is 117 Å². The molecule has 1 N–H and O–H groups in total. The molecule has 3 rings (SSSR count). The van der Waals surface area contributed by atoms with Gasteiger partial charge in [0.15, 0.2) is 0 Å². The maximum absolute atomic E-state index is 5.47. The maximum Gasteiger partial charge on any atom is 0.318 e. The number of anilines is 1. The zero-order valence-electron chi connectivity index (χ0n) is 11.7. The molecule has 0 spiro atoms. The second kappa shape index (κ2) is 5.50. The molecular weight excluding hydrogens is 256 g/mol. The highest BCUT2D eigenvalue weighted by Gasteiger charge is 2.19. The van der Waals surface area contributed by atoms with Crippen LogP contribution in [0.5, 0.6) is 11.8 Å². The first-order chi connectivity index (χ1) is 9.83. The molecule has 1 aliphatic heterocycles. The summed E-state index contributed by atoms with van der Waals surface area (Å²) in [4.78, 5) is 11.2. The first-order valence-electron chi connectivity index (χ1n) is 6.68. The van der Waals surface area contributed by atoms with E-state index >= 15 is 0 Å². The molecule has 6 nitrogen and oxygen atoms in total. The zero-order valence-corrected chi connectivity index (χ0v) is 11.7. The number of hydrogen-bond acceptors (Lipinski definition) is 6. The van der Waals surface area contributed by atoms with Crippen LogP contribution in [0.1, 0.15) is 0 Å². The Hall–Kier alpha value is -2.08. The van der Waals surface area contributed by atoms with Gasteiger partial charge in [0.05, 0.1) is 25.1 Å². The van der Waals surface area contributed by atoms with E-state index in [0.29, 0.717) is 6.01 Å². The first kappa shape index (κ1) is 12.9. The predicted molar refractivity (Wildman–Crippen MR) is 77.7 cm³/mol. The molecule has 0 unspecified atom stereocenters. The van der Waals surface area contributed by atoms with Gasteiger partial charge in [0.1, 0.15) is 11.6 Å². The molecule has 0 radical (unpaired) electrons. The van der Waals surface area contributed by atoms with Crippen molar-refractivity contribution in [2.24, 2.45) is 0 Å². The lowest BCUT2D eigenvalue weighted by atomic mass is 10.2. The topological polar surface area (TPSA) is 59.5 Å². The summed E-state index contributed by atoms with van der Waals surface area (Å²) in [5, 5.41) is 4.28. The van der Waals surface area contributed by atoms with Gasteiger partial charge in [-0.05, 0) is 12.1 Å². The molecule has 1 aromatic carbocycles. The van der Waals surface area contributed by atoms with Crippen molar-refractivity contribution in [1.82, 2.24) is 15.3 Å². The smallest absolute Gasteiger partial charge is 0.318 e. The number of fused-ring (bicyclic) bond motifs is 1. The summed E-state index contributed by atoms with van der Waals surface area (Å²) < 4.78 is 10.7. The highest BCUT2D eigenvalue weighted by Crippen LogP contribution is 2.33. The molecule has 1 aliphatic rings. The summed E-state index contributed by atoms with van der Waals surface area (Å²) in [6.07, 6.45) is 0. The molecule has 0 bridgehead atoms. The summed E-state index contributed by atoms with van der Waals surface area (Å²) in [6, 6.07) is 6.20. The quantitative estimate of drug-likeness (QED) is 0.903. The molecule has 20 heavy (non-hydrogen) atoms. The van der Waals surface area contributed by atoms with E-state index in [-0.39, 0.29) is 0 Å². The molecule has 6 heteroatoms. The van der Waals surface area contributed by atoms with Crippen molar-refractivity contribution in [3.05, 3.63) is 18.2 Å². The van der Waals surface area contributed by atoms with Crippen molar-refractivity contribution >= 4 is 16.7 Å². The Balaban J connectivity index is 2.20. The van der Waals surface area contributed by atoms with Crippen LogP contribution in [0.2, 0.25) is 0 Å². The largest absolute Gasteiger partial charge is 0.496 e. The van der Waals surface area contributed by atoms with Crippen LogP contribution in [0.25, 0.3) is 10.9 Å². The average Bonchev–Trinajstić information content (AvgIpc) is 2.53. The molecule has 2 heterocycles. The third-order valence-corrected chi connectivity index (χ3v) is 3.46. The van der Waals surface area contributed by atoms with E-state index in [1.807, 2.05) is 18.2 Å². The minimum absolute atomic E-state index is 0.388. The molecule has 0 aliphatic carbocycles.